The lowest BCUT2D eigenvalue weighted by molar-refractivity contribution is -0.124. The quantitative estimate of drug-likeness (QED) is 0.667. The molecule has 1 saturated heterocycles. The van der Waals surface area contributed by atoms with Crippen molar-refractivity contribution in [2.45, 2.75) is 45.7 Å². The van der Waals surface area contributed by atoms with E-state index in [1.807, 2.05) is 26.8 Å². The SMILES string of the molecule is CCCOc1ccc(NC(=O)CC2C(=O)N(c3ccccc3)C(=O)N2C(C)C)cc1. The van der Waals surface area contributed by atoms with Gasteiger partial charge in [-0.15, -0.1) is 0 Å². The molecular formula is C23H27N3O4. The van der Waals surface area contributed by atoms with Crippen molar-refractivity contribution in [3.63, 3.8) is 0 Å². The van der Waals surface area contributed by atoms with Crippen LogP contribution in [0, 0.1) is 0 Å². The third-order valence-electron chi connectivity index (χ3n) is 4.81. The maximum Gasteiger partial charge on any atom is 0.332 e. The Hall–Kier alpha value is -3.35. The number of hydrogen-bond donors (Lipinski definition) is 1. The molecule has 0 bridgehead atoms. The largest absolute Gasteiger partial charge is 0.494 e. The van der Waals surface area contributed by atoms with E-state index in [1.54, 1.807) is 48.5 Å². The zero-order valence-electron chi connectivity index (χ0n) is 17.5. The minimum atomic E-state index is -0.843. The Morgan fingerprint density at radius 2 is 1.73 bits per heavy atom. The highest BCUT2D eigenvalue weighted by atomic mass is 16.5. The van der Waals surface area contributed by atoms with Gasteiger partial charge >= 0.3 is 6.03 Å². The molecule has 0 saturated carbocycles. The lowest BCUT2D eigenvalue weighted by Crippen LogP contribution is -2.42. The fourth-order valence-corrected chi connectivity index (χ4v) is 3.43. The summed E-state index contributed by atoms with van der Waals surface area (Å²) < 4.78 is 5.54. The molecule has 1 N–H and O–H groups in total. The average Bonchev–Trinajstić information content (AvgIpc) is 2.97. The van der Waals surface area contributed by atoms with Crippen molar-refractivity contribution in [2.75, 3.05) is 16.8 Å². The van der Waals surface area contributed by atoms with E-state index in [4.69, 9.17) is 4.74 Å². The molecule has 7 nitrogen and oxygen atoms in total. The first-order valence-corrected chi connectivity index (χ1v) is 10.2. The van der Waals surface area contributed by atoms with E-state index in [1.165, 1.54) is 4.90 Å². The summed E-state index contributed by atoms with van der Waals surface area (Å²) in [5, 5.41) is 2.80. The highest BCUT2D eigenvalue weighted by molar-refractivity contribution is 6.22. The second kappa shape index (κ2) is 9.43. The van der Waals surface area contributed by atoms with Crippen LogP contribution in [-0.2, 0) is 9.59 Å². The van der Waals surface area contributed by atoms with Crippen molar-refractivity contribution in [1.82, 2.24) is 4.90 Å². The van der Waals surface area contributed by atoms with Gasteiger partial charge in [-0.05, 0) is 56.7 Å². The summed E-state index contributed by atoms with van der Waals surface area (Å²) in [6.45, 7) is 6.33. The zero-order chi connectivity index (χ0) is 21.7. The Labute approximate surface area is 176 Å². The molecule has 1 unspecified atom stereocenters. The number of anilines is 2. The topological polar surface area (TPSA) is 79.0 Å². The number of amides is 4. The molecule has 3 rings (SSSR count). The number of carbonyl (C=O) groups excluding carboxylic acids is 3. The van der Waals surface area contributed by atoms with Crippen molar-refractivity contribution in [2.24, 2.45) is 0 Å². The normalized spacial score (nSPS) is 16.3. The van der Waals surface area contributed by atoms with Gasteiger partial charge in [-0.25, -0.2) is 9.69 Å². The number of nitrogens with one attached hydrogen (secondary N) is 1. The van der Waals surface area contributed by atoms with E-state index in [0.29, 0.717) is 18.0 Å². The third kappa shape index (κ3) is 4.62. The van der Waals surface area contributed by atoms with Crippen molar-refractivity contribution in [3.05, 3.63) is 54.6 Å². The zero-order valence-corrected chi connectivity index (χ0v) is 17.5. The molecule has 0 spiro atoms. The Bertz CT molecular complexity index is 896. The molecule has 1 aliphatic rings. The lowest BCUT2D eigenvalue weighted by atomic mass is 10.1. The third-order valence-corrected chi connectivity index (χ3v) is 4.81. The standard InChI is InChI=1S/C23H27N3O4/c1-4-14-30-19-12-10-17(11-13-19)24-21(27)15-20-22(28)26(18-8-6-5-7-9-18)23(29)25(20)16(2)3/h5-13,16,20H,4,14-15H2,1-3H3,(H,24,27). The minimum Gasteiger partial charge on any atom is -0.494 e. The van der Waals surface area contributed by atoms with Gasteiger partial charge in [0.2, 0.25) is 5.91 Å². The number of rotatable bonds is 8. The van der Waals surface area contributed by atoms with Gasteiger partial charge in [0, 0.05) is 11.7 Å². The lowest BCUT2D eigenvalue weighted by Gasteiger charge is -2.25. The Morgan fingerprint density at radius 3 is 2.33 bits per heavy atom. The van der Waals surface area contributed by atoms with Gasteiger partial charge in [0.25, 0.3) is 5.91 Å². The van der Waals surface area contributed by atoms with Crippen molar-refractivity contribution >= 4 is 29.2 Å². The molecule has 0 aliphatic carbocycles. The van der Waals surface area contributed by atoms with Gasteiger partial charge in [0.1, 0.15) is 11.8 Å². The molecule has 30 heavy (non-hydrogen) atoms. The van der Waals surface area contributed by atoms with E-state index in [9.17, 15) is 14.4 Å². The van der Waals surface area contributed by atoms with E-state index in [-0.39, 0.29) is 18.4 Å². The Balaban J connectivity index is 1.71. The maximum atomic E-state index is 13.0. The van der Waals surface area contributed by atoms with Crippen LogP contribution in [-0.4, -0.2) is 41.4 Å². The van der Waals surface area contributed by atoms with Gasteiger partial charge in [-0.3, -0.25) is 9.59 Å². The molecule has 0 aromatic heterocycles. The molecule has 1 atom stereocenters. The summed E-state index contributed by atoms with van der Waals surface area (Å²) in [5.41, 5.74) is 1.11. The Morgan fingerprint density at radius 1 is 1.07 bits per heavy atom. The van der Waals surface area contributed by atoms with Crippen LogP contribution in [0.1, 0.15) is 33.6 Å². The summed E-state index contributed by atoms with van der Waals surface area (Å²) in [6.07, 6.45) is 0.805. The highest BCUT2D eigenvalue weighted by Crippen LogP contribution is 2.28. The summed E-state index contributed by atoms with van der Waals surface area (Å²) in [7, 11) is 0. The van der Waals surface area contributed by atoms with Crippen LogP contribution in [0.4, 0.5) is 16.2 Å². The van der Waals surface area contributed by atoms with Crippen molar-refractivity contribution < 1.29 is 19.1 Å². The molecule has 158 valence electrons. The van der Waals surface area contributed by atoms with Crippen LogP contribution in [0.2, 0.25) is 0 Å². The average molecular weight is 409 g/mol. The summed E-state index contributed by atoms with van der Waals surface area (Å²) >= 11 is 0. The number of urea groups is 1. The van der Waals surface area contributed by atoms with Crippen LogP contribution < -0.4 is 15.0 Å². The van der Waals surface area contributed by atoms with Gasteiger partial charge in [0.05, 0.1) is 18.7 Å². The maximum absolute atomic E-state index is 13.0. The number of para-hydroxylation sites is 1. The van der Waals surface area contributed by atoms with Crippen LogP contribution in [0.25, 0.3) is 0 Å². The predicted octanol–water partition coefficient (Wildman–Crippen LogP) is 4.05. The second-order valence-electron chi connectivity index (χ2n) is 7.43. The van der Waals surface area contributed by atoms with E-state index >= 15 is 0 Å². The van der Waals surface area contributed by atoms with Gasteiger partial charge in [0.15, 0.2) is 0 Å². The predicted molar refractivity (Wildman–Crippen MR) is 116 cm³/mol. The minimum absolute atomic E-state index is 0.111. The van der Waals surface area contributed by atoms with Gasteiger partial charge < -0.3 is 15.0 Å². The fourth-order valence-electron chi connectivity index (χ4n) is 3.43. The van der Waals surface area contributed by atoms with Crippen LogP contribution in [0.3, 0.4) is 0 Å². The Kier molecular flexibility index (Phi) is 6.72. The van der Waals surface area contributed by atoms with Gasteiger partial charge in [-0.2, -0.15) is 0 Å². The molecule has 1 heterocycles. The number of benzene rings is 2. The summed E-state index contributed by atoms with van der Waals surface area (Å²) in [6, 6.07) is 14.4. The van der Waals surface area contributed by atoms with Crippen molar-refractivity contribution in [3.8, 4) is 5.75 Å². The number of carbonyl (C=O) groups is 3. The number of ether oxygens (including phenoxy) is 1. The number of hydrogen-bond acceptors (Lipinski definition) is 4. The first kappa shape index (κ1) is 21.4. The second-order valence-corrected chi connectivity index (χ2v) is 7.43. The molecule has 2 aromatic carbocycles. The van der Waals surface area contributed by atoms with Crippen LogP contribution >= 0.6 is 0 Å². The first-order valence-electron chi connectivity index (χ1n) is 10.2. The van der Waals surface area contributed by atoms with Crippen LogP contribution in [0.15, 0.2) is 54.6 Å². The van der Waals surface area contributed by atoms with Crippen LogP contribution in [0.5, 0.6) is 5.75 Å². The monoisotopic (exact) mass is 409 g/mol. The summed E-state index contributed by atoms with van der Waals surface area (Å²) in [4.78, 5) is 41.2. The smallest absolute Gasteiger partial charge is 0.332 e. The van der Waals surface area contributed by atoms with E-state index in [2.05, 4.69) is 5.32 Å². The fraction of sp³-hybridized carbons (Fsp3) is 0.348. The molecule has 7 heteroatoms. The number of imide groups is 1. The van der Waals surface area contributed by atoms with E-state index in [0.717, 1.165) is 17.1 Å². The van der Waals surface area contributed by atoms with Crippen molar-refractivity contribution in [1.29, 1.82) is 0 Å². The first-order chi connectivity index (χ1) is 14.4. The highest BCUT2D eigenvalue weighted by Gasteiger charge is 2.47. The molecule has 0 radical (unpaired) electrons. The molecule has 2 aromatic rings. The summed E-state index contributed by atoms with van der Waals surface area (Å²) in [5.74, 6) is 0.0122. The molecular weight excluding hydrogens is 382 g/mol. The van der Waals surface area contributed by atoms with E-state index < -0.39 is 18.0 Å². The number of nitrogens with zero attached hydrogens (tertiary/aromatic N) is 2. The molecule has 1 aliphatic heterocycles. The molecule has 4 amide bonds. The van der Waals surface area contributed by atoms with Gasteiger partial charge in [-0.1, -0.05) is 25.1 Å². The molecule has 1 fully saturated rings.